The number of thiocarbonyl (C=S) groups is 1. The second kappa shape index (κ2) is 9.16. The summed E-state index contributed by atoms with van der Waals surface area (Å²) in [6, 6.07) is 0. The maximum Gasteiger partial charge on any atom is 0.407 e. The zero-order valence-corrected chi connectivity index (χ0v) is 8.52. The molecule has 0 aromatic carbocycles. The lowest BCUT2D eigenvalue weighted by Gasteiger charge is -2.03. The van der Waals surface area contributed by atoms with E-state index in [0.29, 0.717) is 19.7 Å². The van der Waals surface area contributed by atoms with Crippen LogP contribution in [-0.2, 0) is 4.74 Å². The van der Waals surface area contributed by atoms with Crippen molar-refractivity contribution in [2.45, 2.75) is 19.8 Å². The summed E-state index contributed by atoms with van der Waals surface area (Å²) >= 11 is 4.36. The van der Waals surface area contributed by atoms with Crippen LogP contribution in [0.2, 0.25) is 0 Å². The quantitative estimate of drug-likeness (QED) is 0.404. The van der Waals surface area contributed by atoms with E-state index in [1.165, 1.54) is 0 Å². The Kier molecular flexibility index (Phi) is 8.51. The molecule has 74 valence electrons. The Hall–Kier alpha value is -0.930. The third kappa shape index (κ3) is 8.98. The van der Waals surface area contributed by atoms with Crippen LogP contribution in [0.4, 0.5) is 4.79 Å². The van der Waals surface area contributed by atoms with Crippen molar-refractivity contribution in [3.05, 3.63) is 0 Å². The third-order valence-electron chi connectivity index (χ3n) is 1.29. The summed E-state index contributed by atoms with van der Waals surface area (Å²) in [5, 5.41) is 4.75. The number of alkyl carbamates (subject to hydrolysis) is 1. The molecule has 0 aromatic heterocycles. The van der Waals surface area contributed by atoms with Gasteiger partial charge in [0.25, 0.3) is 0 Å². The molecule has 0 aliphatic carbocycles. The van der Waals surface area contributed by atoms with E-state index in [0.717, 1.165) is 12.8 Å². The highest BCUT2D eigenvalue weighted by atomic mass is 32.1. The van der Waals surface area contributed by atoms with Crippen molar-refractivity contribution in [1.82, 2.24) is 5.32 Å². The smallest absolute Gasteiger partial charge is 0.407 e. The third-order valence-corrected chi connectivity index (χ3v) is 1.42. The maximum atomic E-state index is 10.9. The van der Waals surface area contributed by atoms with Gasteiger partial charge in [0.2, 0.25) is 0 Å². The Morgan fingerprint density at radius 1 is 1.69 bits per heavy atom. The monoisotopic (exact) mass is 202 g/mol. The number of hydrogen-bond acceptors (Lipinski definition) is 4. The molecule has 0 aromatic rings. The van der Waals surface area contributed by atoms with Crippen LogP contribution in [0.5, 0.6) is 0 Å². The Balaban J connectivity index is 3.24. The van der Waals surface area contributed by atoms with Gasteiger partial charge in [-0.2, -0.15) is 0 Å². The summed E-state index contributed by atoms with van der Waals surface area (Å²) in [4.78, 5) is 14.5. The van der Waals surface area contributed by atoms with Crippen LogP contribution in [0.3, 0.4) is 0 Å². The summed E-state index contributed by atoms with van der Waals surface area (Å²) in [6.45, 7) is 3.40. The summed E-state index contributed by atoms with van der Waals surface area (Å²) in [6.07, 6.45) is 1.52. The van der Waals surface area contributed by atoms with Crippen molar-refractivity contribution in [3.63, 3.8) is 0 Å². The normalized spacial score (nSPS) is 8.69. The highest BCUT2D eigenvalue weighted by molar-refractivity contribution is 7.78. The molecular formula is C8H14N2O2S. The lowest BCUT2D eigenvalue weighted by molar-refractivity contribution is 0.145. The first-order chi connectivity index (χ1) is 6.31. The van der Waals surface area contributed by atoms with Crippen LogP contribution in [0.25, 0.3) is 0 Å². The summed E-state index contributed by atoms with van der Waals surface area (Å²) in [5.74, 6) is 0. The summed E-state index contributed by atoms with van der Waals surface area (Å²) < 4.78 is 4.82. The van der Waals surface area contributed by atoms with Crippen molar-refractivity contribution in [3.8, 4) is 0 Å². The number of carbonyl (C=O) groups is 1. The van der Waals surface area contributed by atoms with Crippen LogP contribution in [-0.4, -0.2) is 31.0 Å². The molecule has 4 nitrogen and oxygen atoms in total. The number of unbranched alkanes of at least 4 members (excludes halogenated alkanes) is 1. The standard InChI is InChI=1S/C8H14N2O2S/c1-2-3-6-12-8(11)10-5-4-9-7-13/h2-6H2,1H3,(H,10,11). The van der Waals surface area contributed by atoms with Crippen LogP contribution < -0.4 is 5.32 Å². The molecule has 0 saturated heterocycles. The molecule has 1 amide bonds. The highest BCUT2D eigenvalue weighted by Crippen LogP contribution is 1.87. The average molecular weight is 202 g/mol. The topological polar surface area (TPSA) is 50.7 Å². The molecule has 0 bridgehead atoms. The largest absolute Gasteiger partial charge is 0.450 e. The minimum atomic E-state index is -0.395. The van der Waals surface area contributed by atoms with Crippen molar-refractivity contribution >= 4 is 23.5 Å². The molecule has 13 heavy (non-hydrogen) atoms. The van der Waals surface area contributed by atoms with Gasteiger partial charge < -0.3 is 10.1 Å². The summed E-state index contributed by atoms with van der Waals surface area (Å²) in [5.41, 5.74) is 0. The van der Waals surface area contributed by atoms with Gasteiger partial charge in [0.15, 0.2) is 0 Å². The SMILES string of the molecule is CCCCOC(=O)NCCN=C=S. The van der Waals surface area contributed by atoms with Crippen molar-refractivity contribution in [1.29, 1.82) is 0 Å². The number of nitrogens with one attached hydrogen (secondary N) is 1. The molecule has 0 heterocycles. The molecule has 0 aliphatic heterocycles. The number of amides is 1. The molecule has 0 atom stereocenters. The lowest BCUT2D eigenvalue weighted by atomic mass is 10.4. The minimum Gasteiger partial charge on any atom is -0.450 e. The van der Waals surface area contributed by atoms with Gasteiger partial charge in [-0.1, -0.05) is 13.3 Å². The van der Waals surface area contributed by atoms with Gasteiger partial charge in [0, 0.05) is 6.54 Å². The van der Waals surface area contributed by atoms with Crippen LogP contribution in [0.15, 0.2) is 4.99 Å². The Morgan fingerprint density at radius 3 is 3.08 bits per heavy atom. The number of ether oxygens (including phenoxy) is 1. The Labute approximate surface area is 83.4 Å². The van der Waals surface area contributed by atoms with E-state index < -0.39 is 6.09 Å². The summed E-state index contributed by atoms with van der Waals surface area (Å²) in [7, 11) is 0. The van der Waals surface area contributed by atoms with Gasteiger partial charge in [0.05, 0.1) is 18.3 Å². The van der Waals surface area contributed by atoms with Crippen LogP contribution >= 0.6 is 12.2 Å². The van der Waals surface area contributed by atoms with E-state index in [2.05, 4.69) is 27.7 Å². The van der Waals surface area contributed by atoms with Gasteiger partial charge in [-0.05, 0) is 18.6 Å². The van der Waals surface area contributed by atoms with E-state index in [9.17, 15) is 4.79 Å². The van der Waals surface area contributed by atoms with E-state index in [1.807, 2.05) is 6.92 Å². The number of aliphatic imine (C=N–C) groups is 1. The molecule has 0 spiro atoms. The highest BCUT2D eigenvalue weighted by Gasteiger charge is 1.98. The average Bonchev–Trinajstić information content (AvgIpc) is 2.13. The van der Waals surface area contributed by atoms with Gasteiger partial charge in [-0.3, -0.25) is 0 Å². The predicted molar refractivity (Wildman–Crippen MR) is 54.2 cm³/mol. The second-order valence-corrected chi connectivity index (χ2v) is 2.57. The number of rotatable bonds is 6. The molecule has 0 saturated carbocycles. The van der Waals surface area contributed by atoms with Crippen LogP contribution in [0, 0.1) is 0 Å². The lowest BCUT2D eigenvalue weighted by Crippen LogP contribution is -2.27. The minimum absolute atomic E-state index is 0.395. The number of isothiocyanates is 1. The van der Waals surface area contributed by atoms with Crippen LogP contribution in [0.1, 0.15) is 19.8 Å². The molecule has 5 heteroatoms. The molecule has 1 N–H and O–H groups in total. The molecular weight excluding hydrogens is 188 g/mol. The zero-order chi connectivity index (χ0) is 9.94. The van der Waals surface area contributed by atoms with Gasteiger partial charge in [0.1, 0.15) is 0 Å². The fraction of sp³-hybridized carbons (Fsp3) is 0.750. The van der Waals surface area contributed by atoms with E-state index in [1.54, 1.807) is 0 Å². The van der Waals surface area contributed by atoms with Gasteiger partial charge >= 0.3 is 6.09 Å². The number of carbonyl (C=O) groups excluding carboxylic acids is 1. The number of nitrogens with zero attached hydrogens (tertiary/aromatic N) is 1. The molecule has 0 rings (SSSR count). The predicted octanol–water partition coefficient (Wildman–Crippen LogP) is 1.62. The van der Waals surface area contributed by atoms with E-state index >= 15 is 0 Å². The maximum absolute atomic E-state index is 10.9. The molecule has 0 radical (unpaired) electrons. The molecule has 0 aliphatic rings. The Bertz CT molecular complexity index is 191. The molecule has 0 unspecified atom stereocenters. The zero-order valence-electron chi connectivity index (χ0n) is 7.71. The van der Waals surface area contributed by atoms with E-state index in [4.69, 9.17) is 4.74 Å². The Morgan fingerprint density at radius 2 is 2.46 bits per heavy atom. The van der Waals surface area contributed by atoms with Gasteiger partial charge in [-0.25, -0.2) is 9.79 Å². The number of hydrogen-bond donors (Lipinski definition) is 1. The van der Waals surface area contributed by atoms with Gasteiger partial charge in [-0.15, -0.1) is 0 Å². The van der Waals surface area contributed by atoms with Crippen molar-refractivity contribution in [2.24, 2.45) is 4.99 Å². The first-order valence-corrected chi connectivity index (χ1v) is 4.66. The van der Waals surface area contributed by atoms with Crippen molar-refractivity contribution < 1.29 is 9.53 Å². The van der Waals surface area contributed by atoms with Crippen molar-refractivity contribution in [2.75, 3.05) is 19.7 Å². The molecule has 0 fully saturated rings. The van der Waals surface area contributed by atoms with E-state index in [-0.39, 0.29) is 0 Å². The fourth-order valence-corrected chi connectivity index (χ4v) is 0.711. The first kappa shape index (κ1) is 12.1. The first-order valence-electron chi connectivity index (χ1n) is 4.25. The fourth-order valence-electron chi connectivity index (χ4n) is 0.620. The second-order valence-electron chi connectivity index (χ2n) is 2.39.